The number of amides is 2. The van der Waals surface area contributed by atoms with Gasteiger partial charge in [0.15, 0.2) is 5.82 Å². The number of ether oxygens (including phenoxy) is 1. The molecule has 1 aromatic carbocycles. The van der Waals surface area contributed by atoms with Crippen LogP contribution in [0.4, 0.5) is 11.5 Å². The van der Waals surface area contributed by atoms with Crippen LogP contribution in [0.1, 0.15) is 6.42 Å². The van der Waals surface area contributed by atoms with Gasteiger partial charge in [-0.2, -0.15) is 5.10 Å². The van der Waals surface area contributed by atoms with E-state index in [9.17, 15) is 14.4 Å². The van der Waals surface area contributed by atoms with Crippen molar-refractivity contribution in [3.8, 4) is 5.75 Å². The smallest absolute Gasteiger partial charge is 0.325 e. The van der Waals surface area contributed by atoms with Crippen LogP contribution in [0.2, 0.25) is 5.02 Å². The maximum Gasteiger partial charge on any atom is 0.325 e. The summed E-state index contributed by atoms with van der Waals surface area (Å²) >= 11 is 6.02. The first-order valence-corrected chi connectivity index (χ1v) is 8.45. The minimum Gasteiger partial charge on any atom is -0.495 e. The van der Waals surface area contributed by atoms with E-state index in [1.807, 2.05) is 0 Å². The quantitative estimate of drug-likeness (QED) is 0.772. The summed E-state index contributed by atoms with van der Waals surface area (Å²) in [4.78, 5) is 37.0. The zero-order valence-corrected chi connectivity index (χ0v) is 15.1. The average Bonchev–Trinajstić information content (AvgIpc) is 3.20. The molecule has 0 radical (unpaired) electrons. The number of nitrogens with zero attached hydrogens (tertiary/aromatic N) is 3. The molecule has 0 bridgehead atoms. The van der Waals surface area contributed by atoms with Crippen molar-refractivity contribution in [1.82, 2.24) is 9.78 Å². The summed E-state index contributed by atoms with van der Waals surface area (Å²) in [6.07, 6.45) is 1.49. The second-order valence-electron chi connectivity index (χ2n) is 6.00. The number of benzene rings is 1. The highest BCUT2D eigenvalue weighted by Gasteiger charge is 2.36. The fraction of sp³-hybridized carbons (Fsp3) is 0.294. The van der Waals surface area contributed by atoms with Crippen LogP contribution in [0, 0.1) is 5.92 Å². The molecular formula is C17H17ClN4O5. The summed E-state index contributed by atoms with van der Waals surface area (Å²) < 4.78 is 6.47. The summed E-state index contributed by atoms with van der Waals surface area (Å²) in [7, 11) is 1.49. The maximum absolute atomic E-state index is 12.5. The molecule has 1 fully saturated rings. The Morgan fingerprint density at radius 1 is 1.41 bits per heavy atom. The van der Waals surface area contributed by atoms with Crippen LogP contribution in [0.3, 0.4) is 0 Å². The van der Waals surface area contributed by atoms with Gasteiger partial charge in [-0.3, -0.25) is 19.1 Å². The van der Waals surface area contributed by atoms with Crippen LogP contribution >= 0.6 is 11.6 Å². The van der Waals surface area contributed by atoms with Gasteiger partial charge in [0.2, 0.25) is 11.8 Å². The molecule has 1 unspecified atom stereocenters. The second kappa shape index (κ2) is 7.67. The first-order valence-electron chi connectivity index (χ1n) is 8.07. The monoisotopic (exact) mass is 392 g/mol. The fourth-order valence-electron chi connectivity index (χ4n) is 2.87. The zero-order valence-electron chi connectivity index (χ0n) is 14.4. The predicted molar refractivity (Wildman–Crippen MR) is 97.0 cm³/mol. The van der Waals surface area contributed by atoms with Crippen molar-refractivity contribution in [2.24, 2.45) is 5.92 Å². The molecule has 1 saturated heterocycles. The summed E-state index contributed by atoms with van der Waals surface area (Å²) in [5, 5.41) is 15.8. The number of carboxylic acid groups (broad SMARTS) is 1. The van der Waals surface area contributed by atoms with Crippen molar-refractivity contribution in [2.75, 3.05) is 23.9 Å². The number of carbonyl (C=O) groups excluding carboxylic acids is 2. The van der Waals surface area contributed by atoms with E-state index in [1.165, 1.54) is 29.0 Å². The van der Waals surface area contributed by atoms with E-state index >= 15 is 0 Å². The maximum atomic E-state index is 12.5. The Hall–Kier alpha value is -3.07. The minimum absolute atomic E-state index is 0.0390. The molecule has 1 aliphatic heterocycles. The standard InChI is InChI=1S/C17H17ClN4O5/c1-27-13-3-2-11(18)7-12(13)22-8-10(6-15(22)23)17(26)19-14-4-5-21(20-14)9-16(24)25/h2-5,7,10H,6,8-9H2,1H3,(H,24,25)(H,19,20,26). The second-order valence-corrected chi connectivity index (χ2v) is 6.44. The molecule has 1 aromatic heterocycles. The zero-order chi connectivity index (χ0) is 19.6. The minimum atomic E-state index is -1.04. The van der Waals surface area contributed by atoms with Crippen molar-refractivity contribution in [1.29, 1.82) is 0 Å². The number of aliphatic carboxylic acids is 1. The molecule has 1 atom stereocenters. The first kappa shape index (κ1) is 18.7. The number of aromatic nitrogens is 2. The van der Waals surface area contributed by atoms with E-state index in [0.29, 0.717) is 16.5 Å². The molecule has 27 heavy (non-hydrogen) atoms. The van der Waals surface area contributed by atoms with Crippen LogP contribution in [0.15, 0.2) is 30.5 Å². The Bertz CT molecular complexity index is 897. The number of anilines is 2. The van der Waals surface area contributed by atoms with E-state index < -0.39 is 11.9 Å². The molecule has 0 saturated carbocycles. The van der Waals surface area contributed by atoms with Gasteiger partial charge in [0, 0.05) is 30.3 Å². The topological polar surface area (TPSA) is 114 Å². The summed E-state index contributed by atoms with van der Waals surface area (Å²) in [5.74, 6) is -1.48. The van der Waals surface area contributed by atoms with Crippen LogP contribution in [0.25, 0.3) is 0 Å². The number of carbonyl (C=O) groups is 3. The number of carboxylic acids is 1. The van der Waals surface area contributed by atoms with Crippen molar-refractivity contribution in [2.45, 2.75) is 13.0 Å². The van der Waals surface area contributed by atoms with Gasteiger partial charge < -0.3 is 20.1 Å². The largest absolute Gasteiger partial charge is 0.495 e. The van der Waals surface area contributed by atoms with Gasteiger partial charge >= 0.3 is 5.97 Å². The molecule has 2 aromatic rings. The Kier molecular flexibility index (Phi) is 5.31. The van der Waals surface area contributed by atoms with Gasteiger partial charge in [0.05, 0.1) is 18.7 Å². The van der Waals surface area contributed by atoms with E-state index in [2.05, 4.69) is 10.4 Å². The van der Waals surface area contributed by atoms with Gasteiger partial charge in [0.25, 0.3) is 0 Å². The van der Waals surface area contributed by atoms with Crippen molar-refractivity contribution in [3.05, 3.63) is 35.5 Å². The molecule has 2 N–H and O–H groups in total. The van der Waals surface area contributed by atoms with Crippen molar-refractivity contribution < 1.29 is 24.2 Å². The lowest BCUT2D eigenvalue weighted by atomic mass is 10.1. The van der Waals surface area contributed by atoms with Crippen LogP contribution in [-0.4, -0.2) is 46.3 Å². The van der Waals surface area contributed by atoms with Gasteiger partial charge in [-0.25, -0.2) is 0 Å². The molecule has 142 valence electrons. The highest BCUT2D eigenvalue weighted by molar-refractivity contribution is 6.31. The Labute approximate surface area is 159 Å². The third kappa shape index (κ3) is 4.20. The molecular weight excluding hydrogens is 376 g/mol. The Morgan fingerprint density at radius 3 is 2.89 bits per heavy atom. The van der Waals surface area contributed by atoms with E-state index in [4.69, 9.17) is 21.4 Å². The normalized spacial score (nSPS) is 16.4. The molecule has 10 heteroatoms. The summed E-state index contributed by atoms with van der Waals surface area (Å²) in [6.45, 7) is -0.128. The van der Waals surface area contributed by atoms with Crippen LogP contribution in [-0.2, 0) is 20.9 Å². The lowest BCUT2D eigenvalue weighted by Crippen LogP contribution is -2.28. The van der Waals surface area contributed by atoms with Crippen molar-refractivity contribution in [3.63, 3.8) is 0 Å². The van der Waals surface area contributed by atoms with Crippen LogP contribution in [0.5, 0.6) is 5.75 Å². The average molecular weight is 393 g/mol. The van der Waals surface area contributed by atoms with Crippen molar-refractivity contribution >= 4 is 40.9 Å². The summed E-state index contributed by atoms with van der Waals surface area (Å²) in [6, 6.07) is 6.43. The Balaban J connectivity index is 1.70. The molecule has 3 rings (SSSR count). The SMILES string of the molecule is COc1ccc(Cl)cc1N1CC(C(=O)Nc2ccn(CC(=O)O)n2)CC1=O. The first-order chi connectivity index (χ1) is 12.9. The molecule has 0 spiro atoms. The van der Waals surface area contributed by atoms with E-state index in [0.717, 1.165) is 0 Å². The number of methoxy groups -OCH3 is 1. The van der Waals surface area contributed by atoms with Gasteiger partial charge in [0.1, 0.15) is 12.3 Å². The predicted octanol–water partition coefficient (Wildman–Crippen LogP) is 1.62. The lowest BCUT2D eigenvalue weighted by Gasteiger charge is -2.19. The number of hydrogen-bond acceptors (Lipinski definition) is 5. The molecule has 0 aliphatic carbocycles. The molecule has 1 aliphatic rings. The van der Waals surface area contributed by atoms with Gasteiger partial charge in [-0.15, -0.1) is 0 Å². The molecule has 9 nitrogen and oxygen atoms in total. The lowest BCUT2D eigenvalue weighted by molar-refractivity contribution is -0.137. The van der Waals surface area contributed by atoms with Gasteiger partial charge in [-0.1, -0.05) is 11.6 Å². The highest BCUT2D eigenvalue weighted by atomic mass is 35.5. The molecule has 2 heterocycles. The number of nitrogens with one attached hydrogen (secondary N) is 1. The highest BCUT2D eigenvalue weighted by Crippen LogP contribution is 2.35. The van der Waals surface area contributed by atoms with Crippen LogP contribution < -0.4 is 15.0 Å². The number of hydrogen-bond donors (Lipinski definition) is 2. The fourth-order valence-corrected chi connectivity index (χ4v) is 3.04. The molecule has 2 amide bonds. The summed E-state index contributed by atoms with van der Waals surface area (Å²) in [5.41, 5.74) is 0.510. The third-order valence-corrected chi connectivity index (χ3v) is 4.35. The number of halogens is 1. The van der Waals surface area contributed by atoms with Gasteiger partial charge in [-0.05, 0) is 18.2 Å². The third-order valence-electron chi connectivity index (χ3n) is 4.12. The number of rotatable bonds is 6. The Morgan fingerprint density at radius 2 is 2.19 bits per heavy atom. The van der Waals surface area contributed by atoms with E-state index in [-0.39, 0.29) is 37.1 Å². The van der Waals surface area contributed by atoms with E-state index in [1.54, 1.807) is 18.2 Å².